The summed E-state index contributed by atoms with van der Waals surface area (Å²) in [4.78, 5) is 0. The number of hydrogen-bond donors (Lipinski definition) is 2. The fourth-order valence-corrected chi connectivity index (χ4v) is 0.537. The second-order valence-corrected chi connectivity index (χ2v) is 3.54. The Morgan fingerprint density at radius 1 is 1.43 bits per heavy atom. The van der Waals surface area contributed by atoms with Gasteiger partial charge in [0.2, 0.25) is 0 Å². The molecule has 0 aromatic carbocycles. The van der Waals surface area contributed by atoms with Gasteiger partial charge in [-0.3, -0.25) is 0 Å². The molecule has 0 aromatic rings. The van der Waals surface area contributed by atoms with Crippen LogP contribution in [-0.2, 0) is 0 Å². The van der Waals surface area contributed by atoms with Crippen molar-refractivity contribution in [2.24, 2.45) is 0 Å². The number of rotatable bonds is 3. The molecule has 0 saturated heterocycles. The zero-order chi connectivity index (χ0) is 5.70. The van der Waals surface area contributed by atoms with Gasteiger partial charge in [0.15, 0.2) is 0 Å². The number of aliphatic hydroxyl groups excluding tert-OH is 2. The zero-order valence-corrected chi connectivity index (χ0v) is 5.09. The highest BCUT2D eigenvalue weighted by Crippen LogP contribution is 1.76. The summed E-state index contributed by atoms with van der Waals surface area (Å²) >= 11 is 0. The van der Waals surface area contributed by atoms with Gasteiger partial charge in [-0.25, -0.2) is 0 Å². The van der Waals surface area contributed by atoms with E-state index < -0.39 is 8.80 Å². The van der Waals surface area contributed by atoms with Crippen molar-refractivity contribution in [1.82, 2.24) is 0 Å². The van der Waals surface area contributed by atoms with E-state index in [1.54, 1.807) is 5.70 Å². The lowest BCUT2D eigenvalue weighted by Gasteiger charge is -1.96. The molecule has 0 amide bonds. The van der Waals surface area contributed by atoms with Crippen LogP contribution in [0.5, 0.6) is 0 Å². The minimum absolute atomic E-state index is 0.0880. The van der Waals surface area contributed by atoms with Crippen LogP contribution >= 0.6 is 0 Å². The van der Waals surface area contributed by atoms with Gasteiger partial charge in [0.25, 0.3) is 0 Å². The molecule has 1 radical (unpaired) electrons. The fourth-order valence-electron chi connectivity index (χ4n) is 0.179. The molecule has 0 fully saturated rings. The molecule has 0 saturated carbocycles. The molecule has 41 valence electrons. The molecule has 0 atom stereocenters. The van der Waals surface area contributed by atoms with E-state index in [0.29, 0.717) is 0 Å². The highest BCUT2D eigenvalue weighted by Gasteiger charge is 1.99. The summed E-state index contributed by atoms with van der Waals surface area (Å²) in [6, 6.07) is 0. The first-order valence-corrected chi connectivity index (χ1v) is 4.03. The maximum atomic E-state index is 8.34. The van der Waals surface area contributed by atoms with Gasteiger partial charge in [-0.2, -0.15) is 0 Å². The van der Waals surface area contributed by atoms with Gasteiger partial charge in [0, 0.05) is 12.5 Å². The van der Waals surface area contributed by atoms with Gasteiger partial charge in [0.1, 0.15) is 8.80 Å². The van der Waals surface area contributed by atoms with Crippen LogP contribution in [0.2, 0.25) is 0 Å². The Morgan fingerprint density at radius 3 is 1.86 bits per heavy atom. The highest BCUT2D eigenvalue weighted by molar-refractivity contribution is 6.63. The molecule has 0 aromatic heterocycles. The van der Waals surface area contributed by atoms with E-state index in [0.717, 1.165) is 0 Å². The van der Waals surface area contributed by atoms with Crippen LogP contribution in [0.4, 0.5) is 0 Å². The third kappa shape index (κ3) is 2.56. The summed E-state index contributed by atoms with van der Waals surface area (Å²) in [6.07, 6.45) is 0.176. The van der Waals surface area contributed by atoms with Gasteiger partial charge in [-0.15, -0.1) is 6.58 Å². The molecule has 3 heteroatoms. The van der Waals surface area contributed by atoms with Crippen LogP contribution in [0, 0.1) is 0 Å². The first-order chi connectivity index (χ1) is 3.35. The average molecular weight is 117 g/mol. The summed E-state index contributed by atoms with van der Waals surface area (Å²) in [7, 11) is -0.988. The van der Waals surface area contributed by atoms with Gasteiger partial charge < -0.3 is 10.2 Å². The molecular weight excluding hydrogens is 108 g/mol. The summed E-state index contributed by atoms with van der Waals surface area (Å²) in [5.74, 6) is 0. The molecule has 0 aliphatic heterocycles. The first kappa shape index (κ1) is 6.88. The summed E-state index contributed by atoms with van der Waals surface area (Å²) in [6.45, 7) is 3.43. The molecule has 0 heterocycles. The smallest absolute Gasteiger partial charge is 0.136 e. The van der Waals surface area contributed by atoms with Crippen molar-refractivity contribution in [2.45, 2.75) is 0 Å². The van der Waals surface area contributed by atoms with E-state index >= 15 is 0 Å². The maximum absolute atomic E-state index is 8.34. The Labute approximate surface area is 44.7 Å². The quantitative estimate of drug-likeness (QED) is 0.478. The Balaban J connectivity index is 3.16. The third-order valence-electron chi connectivity index (χ3n) is 0.695. The van der Waals surface area contributed by atoms with Crippen LogP contribution in [0.15, 0.2) is 12.3 Å². The van der Waals surface area contributed by atoms with Crippen molar-refractivity contribution in [3.8, 4) is 0 Å². The fraction of sp³-hybridized carbons (Fsp3) is 0.500. The van der Waals surface area contributed by atoms with Crippen molar-refractivity contribution in [3.63, 3.8) is 0 Å². The average Bonchev–Trinajstić information content (AvgIpc) is 1.72. The van der Waals surface area contributed by atoms with Crippen LogP contribution in [0.25, 0.3) is 0 Å². The summed E-state index contributed by atoms with van der Waals surface area (Å²) in [5, 5.41) is 16.7. The third-order valence-corrected chi connectivity index (χ3v) is 2.08. The van der Waals surface area contributed by atoms with Gasteiger partial charge in [-0.05, 0) is 0 Å². The monoisotopic (exact) mass is 117 g/mol. The van der Waals surface area contributed by atoms with Crippen LogP contribution in [-0.4, -0.2) is 31.5 Å². The molecule has 0 bridgehead atoms. The Morgan fingerprint density at radius 2 is 1.86 bits per heavy atom. The standard InChI is InChI=1S/C4H9O2Si/c1-2-7(3-5)4-6/h2,5-6H,1,3-4H2. The first-order valence-electron chi connectivity index (χ1n) is 2.04. The van der Waals surface area contributed by atoms with Crippen LogP contribution in [0.3, 0.4) is 0 Å². The zero-order valence-electron chi connectivity index (χ0n) is 4.09. The molecule has 0 unspecified atom stereocenters. The maximum Gasteiger partial charge on any atom is 0.136 e. The van der Waals surface area contributed by atoms with Crippen molar-refractivity contribution >= 4 is 8.80 Å². The van der Waals surface area contributed by atoms with E-state index in [9.17, 15) is 0 Å². The predicted octanol–water partition coefficient (Wildman–Crippen LogP) is -0.731. The molecule has 7 heavy (non-hydrogen) atoms. The Hall–Kier alpha value is -0.123. The summed E-state index contributed by atoms with van der Waals surface area (Å²) < 4.78 is 0. The second-order valence-electron chi connectivity index (χ2n) is 1.18. The van der Waals surface area contributed by atoms with Gasteiger partial charge in [-0.1, -0.05) is 5.70 Å². The van der Waals surface area contributed by atoms with E-state index in [1.165, 1.54) is 0 Å². The van der Waals surface area contributed by atoms with Gasteiger partial charge in [0.05, 0.1) is 0 Å². The lowest BCUT2D eigenvalue weighted by atomic mass is 11.3. The minimum atomic E-state index is -0.988. The van der Waals surface area contributed by atoms with Crippen molar-refractivity contribution in [1.29, 1.82) is 0 Å². The van der Waals surface area contributed by atoms with E-state index in [4.69, 9.17) is 10.2 Å². The molecule has 2 nitrogen and oxygen atoms in total. The minimum Gasteiger partial charge on any atom is -0.399 e. The lowest BCUT2D eigenvalue weighted by Crippen LogP contribution is -2.20. The van der Waals surface area contributed by atoms with Crippen molar-refractivity contribution < 1.29 is 10.2 Å². The van der Waals surface area contributed by atoms with Gasteiger partial charge >= 0.3 is 0 Å². The molecule has 2 N–H and O–H groups in total. The molecule has 0 aliphatic carbocycles. The molecular formula is C4H9O2Si. The van der Waals surface area contributed by atoms with E-state index in [-0.39, 0.29) is 12.5 Å². The molecule has 0 rings (SSSR count). The number of hydrogen-bond acceptors (Lipinski definition) is 2. The molecule has 0 spiro atoms. The predicted molar refractivity (Wildman–Crippen MR) is 30.1 cm³/mol. The normalized spacial score (nSPS) is 9.57. The number of aliphatic hydroxyl groups is 2. The van der Waals surface area contributed by atoms with Crippen LogP contribution < -0.4 is 0 Å². The summed E-state index contributed by atoms with van der Waals surface area (Å²) in [5.41, 5.74) is 1.63. The largest absolute Gasteiger partial charge is 0.399 e. The highest BCUT2D eigenvalue weighted by atomic mass is 28.3. The Bertz CT molecular complexity index is 51.7. The molecule has 0 aliphatic rings. The van der Waals surface area contributed by atoms with E-state index in [1.807, 2.05) is 0 Å². The Kier molecular flexibility index (Phi) is 3.98. The van der Waals surface area contributed by atoms with E-state index in [2.05, 4.69) is 6.58 Å². The van der Waals surface area contributed by atoms with Crippen molar-refractivity contribution in [2.75, 3.05) is 12.5 Å². The van der Waals surface area contributed by atoms with Crippen molar-refractivity contribution in [3.05, 3.63) is 12.3 Å². The topological polar surface area (TPSA) is 40.5 Å². The van der Waals surface area contributed by atoms with Crippen LogP contribution in [0.1, 0.15) is 0 Å². The SMILES string of the molecule is C=C[Si](CO)CO. The lowest BCUT2D eigenvalue weighted by molar-refractivity contribution is 0.331. The second kappa shape index (κ2) is 4.05.